The molecule has 5 heteroatoms. The minimum atomic E-state index is 0.294. The van der Waals surface area contributed by atoms with E-state index in [1.807, 2.05) is 12.1 Å². The Balaban J connectivity index is 1.18. The third kappa shape index (κ3) is 4.40. The van der Waals surface area contributed by atoms with Gasteiger partial charge in [0.25, 0.3) is 0 Å². The van der Waals surface area contributed by atoms with Crippen molar-refractivity contribution in [1.29, 1.82) is 0 Å². The standard InChI is InChI=1S/C24H34N2O3/c27-24-13-20-8-10-25(14-18-4-2-1-3-5-18)16-21(20)9-11-26(24)15-19-6-7-22-23(12-19)29-17-28-22/h6-7,12,18,20-21H,1-5,8-11,13-17H2/t20-,21+/m0/s1. The number of hydrogen-bond acceptors (Lipinski definition) is 4. The minimum absolute atomic E-state index is 0.294. The van der Waals surface area contributed by atoms with Crippen molar-refractivity contribution >= 4 is 5.91 Å². The Kier molecular flexibility index (Phi) is 5.67. The summed E-state index contributed by atoms with van der Waals surface area (Å²) < 4.78 is 10.9. The van der Waals surface area contributed by atoms with Gasteiger partial charge in [0, 0.05) is 32.6 Å². The van der Waals surface area contributed by atoms with Crippen LogP contribution in [0.25, 0.3) is 0 Å². The van der Waals surface area contributed by atoms with E-state index in [1.54, 1.807) is 0 Å². The Bertz CT molecular complexity index is 731. The quantitative estimate of drug-likeness (QED) is 0.767. The molecule has 29 heavy (non-hydrogen) atoms. The number of benzene rings is 1. The topological polar surface area (TPSA) is 42.0 Å². The van der Waals surface area contributed by atoms with E-state index in [1.165, 1.54) is 58.2 Å². The van der Waals surface area contributed by atoms with Gasteiger partial charge in [0.05, 0.1) is 0 Å². The van der Waals surface area contributed by atoms with Crippen LogP contribution in [0.3, 0.4) is 0 Å². The predicted molar refractivity (Wildman–Crippen MR) is 112 cm³/mol. The largest absolute Gasteiger partial charge is 0.454 e. The minimum Gasteiger partial charge on any atom is -0.454 e. The van der Waals surface area contributed by atoms with Crippen molar-refractivity contribution in [2.75, 3.05) is 33.0 Å². The number of hydrogen-bond donors (Lipinski definition) is 0. The number of fused-ring (bicyclic) bond motifs is 2. The summed E-state index contributed by atoms with van der Waals surface area (Å²) in [6.07, 6.45) is 10.2. The first-order valence-electron chi connectivity index (χ1n) is 11.6. The number of piperidine rings is 1. The fourth-order valence-corrected chi connectivity index (χ4v) is 5.88. The Hall–Kier alpha value is -1.75. The van der Waals surface area contributed by atoms with Gasteiger partial charge in [-0.15, -0.1) is 0 Å². The summed E-state index contributed by atoms with van der Waals surface area (Å²) >= 11 is 0. The highest BCUT2D eigenvalue weighted by molar-refractivity contribution is 5.76. The van der Waals surface area contributed by atoms with E-state index in [0.29, 0.717) is 31.1 Å². The molecule has 1 aromatic rings. The van der Waals surface area contributed by atoms with Crippen LogP contribution in [0.1, 0.15) is 56.9 Å². The first kappa shape index (κ1) is 19.2. The van der Waals surface area contributed by atoms with Gasteiger partial charge in [-0.25, -0.2) is 0 Å². The Morgan fingerprint density at radius 2 is 1.76 bits per heavy atom. The fraction of sp³-hybridized carbons (Fsp3) is 0.708. The number of carbonyl (C=O) groups excluding carboxylic acids is 1. The van der Waals surface area contributed by atoms with E-state index in [-0.39, 0.29) is 0 Å². The molecule has 158 valence electrons. The molecular formula is C24H34N2O3. The highest BCUT2D eigenvalue weighted by atomic mass is 16.7. The molecule has 2 atom stereocenters. The van der Waals surface area contributed by atoms with Crippen LogP contribution >= 0.6 is 0 Å². The average Bonchev–Trinajstić information content (AvgIpc) is 3.15. The van der Waals surface area contributed by atoms with Gasteiger partial charge < -0.3 is 19.3 Å². The third-order valence-electron chi connectivity index (χ3n) is 7.59. The zero-order valence-electron chi connectivity index (χ0n) is 17.5. The fourth-order valence-electron chi connectivity index (χ4n) is 5.88. The molecule has 1 saturated carbocycles. The monoisotopic (exact) mass is 398 g/mol. The Morgan fingerprint density at radius 3 is 2.66 bits per heavy atom. The van der Waals surface area contributed by atoms with Crippen LogP contribution in [0.2, 0.25) is 0 Å². The average molecular weight is 399 g/mol. The second kappa shape index (κ2) is 8.55. The van der Waals surface area contributed by atoms with Crippen LogP contribution in [-0.4, -0.2) is 48.7 Å². The Morgan fingerprint density at radius 1 is 0.931 bits per heavy atom. The molecule has 0 spiro atoms. The highest BCUT2D eigenvalue weighted by Crippen LogP contribution is 2.36. The van der Waals surface area contributed by atoms with Gasteiger partial charge in [0.2, 0.25) is 12.7 Å². The van der Waals surface area contributed by atoms with Crippen molar-refractivity contribution < 1.29 is 14.3 Å². The summed E-state index contributed by atoms with van der Waals surface area (Å²) in [4.78, 5) is 17.8. The van der Waals surface area contributed by atoms with Crippen LogP contribution in [-0.2, 0) is 11.3 Å². The molecule has 1 aromatic carbocycles. The van der Waals surface area contributed by atoms with Gasteiger partial charge in [-0.1, -0.05) is 25.3 Å². The lowest BCUT2D eigenvalue weighted by molar-refractivity contribution is -0.132. The lowest BCUT2D eigenvalue weighted by Gasteiger charge is -2.39. The van der Waals surface area contributed by atoms with Crippen molar-refractivity contribution in [1.82, 2.24) is 9.80 Å². The molecule has 0 unspecified atom stereocenters. The van der Waals surface area contributed by atoms with Crippen molar-refractivity contribution in [3.05, 3.63) is 23.8 Å². The summed E-state index contributed by atoms with van der Waals surface area (Å²) in [5, 5.41) is 0. The molecule has 3 fully saturated rings. The van der Waals surface area contributed by atoms with Crippen molar-refractivity contribution in [3.63, 3.8) is 0 Å². The zero-order valence-corrected chi connectivity index (χ0v) is 17.5. The molecule has 3 heterocycles. The number of amides is 1. The van der Waals surface area contributed by atoms with E-state index < -0.39 is 0 Å². The molecule has 2 saturated heterocycles. The van der Waals surface area contributed by atoms with E-state index in [4.69, 9.17) is 9.47 Å². The molecule has 3 aliphatic heterocycles. The van der Waals surface area contributed by atoms with E-state index in [9.17, 15) is 4.79 Å². The molecule has 4 aliphatic rings. The SMILES string of the molecule is O=C1C[C@@H]2CCN(CC3CCCCC3)C[C@H]2CCN1Cc1ccc2c(c1)OCO2. The predicted octanol–water partition coefficient (Wildman–Crippen LogP) is 4.06. The summed E-state index contributed by atoms with van der Waals surface area (Å²) in [6, 6.07) is 6.05. The normalized spacial score (nSPS) is 28.3. The van der Waals surface area contributed by atoms with Gasteiger partial charge in [-0.05, 0) is 67.7 Å². The van der Waals surface area contributed by atoms with E-state index in [2.05, 4.69) is 15.9 Å². The van der Waals surface area contributed by atoms with Crippen molar-refractivity contribution in [3.8, 4) is 11.5 Å². The van der Waals surface area contributed by atoms with E-state index >= 15 is 0 Å². The first-order chi connectivity index (χ1) is 14.2. The van der Waals surface area contributed by atoms with Crippen LogP contribution in [0.5, 0.6) is 11.5 Å². The smallest absolute Gasteiger partial charge is 0.231 e. The maximum Gasteiger partial charge on any atom is 0.231 e. The molecule has 0 bridgehead atoms. The molecule has 1 aliphatic carbocycles. The zero-order chi connectivity index (χ0) is 19.6. The molecule has 0 aromatic heterocycles. The maximum atomic E-state index is 13.0. The second-order valence-corrected chi connectivity index (χ2v) is 9.57. The van der Waals surface area contributed by atoms with Gasteiger partial charge in [0.1, 0.15) is 0 Å². The molecule has 0 radical (unpaired) electrons. The van der Waals surface area contributed by atoms with Crippen LogP contribution in [0.15, 0.2) is 18.2 Å². The second-order valence-electron chi connectivity index (χ2n) is 9.57. The van der Waals surface area contributed by atoms with Gasteiger partial charge in [-0.3, -0.25) is 4.79 Å². The summed E-state index contributed by atoms with van der Waals surface area (Å²) in [6.45, 7) is 5.53. The first-order valence-corrected chi connectivity index (χ1v) is 11.6. The highest BCUT2D eigenvalue weighted by Gasteiger charge is 2.35. The van der Waals surface area contributed by atoms with Gasteiger partial charge >= 0.3 is 0 Å². The van der Waals surface area contributed by atoms with E-state index in [0.717, 1.165) is 42.4 Å². The van der Waals surface area contributed by atoms with Crippen LogP contribution < -0.4 is 9.47 Å². The number of ether oxygens (including phenoxy) is 2. The number of likely N-dealkylation sites (tertiary alicyclic amines) is 2. The summed E-state index contributed by atoms with van der Waals surface area (Å²) in [7, 11) is 0. The lowest BCUT2D eigenvalue weighted by atomic mass is 9.81. The molecule has 5 nitrogen and oxygen atoms in total. The number of carbonyl (C=O) groups is 1. The molecular weight excluding hydrogens is 364 g/mol. The number of rotatable bonds is 4. The van der Waals surface area contributed by atoms with Crippen molar-refractivity contribution in [2.24, 2.45) is 17.8 Å². The summed E-state index contributed by atoms with van der Waals surface area (Å²) in [5.41, 5.74) is 1.13. The maximum absolute atomic E-state index is 13.0. The molecule has 0 N–H and O–H groups in total. The number of nitrogens with zero attached hydrogens (tertiary/aromatic N) is 2. The van der Waals surface area contributed by atoms with Gasteiger partial charge in [-0.2, -0.15) is 0 Å². The summed E-state index contributed by atoms with van der Waals surface area (Å²) in [5.74, 6) is 4.10. The Labute approximate surface area is 174 Å². The van der Waals surface area contributed by atoms with Crippen LogP contribution in [0.4, 0.5) is 0 Å². The molecule has 5 rings (SSSR count). The van der Waals surface area contributed by atoms with Crippen LogP contribution in [0, 0.1) is 17.8 Å². The van der Waals surface area contributed by atoms with Gasteiger partial charge in [0.15, 0.2) is 11.5 Å². The molecule has 1 amide bonds. The third-order valence-corrected chi connectivity index (χ3v) is 7.59. The van der Waals surface area contributed by atoms with Crippen molar-refractivity contribution in [2.45, 2.75) is 57.9 Å². The lowest BCUT2D eigenvalue weighted by Crippen LogP contribution is -2.43.